The number of imidazole rings is 1. The number of piperazine rings is 1. The summed E-state index contributed by atoms with van der Waals surface area (Å²) in [5.41, 5.74) is 3.98. The van der Waals surface area contributed by atoms with Crippen molar-refractivity contribution < 1.29 is 13.6 Å². The van der Waals surface area contributed by atoms with Crippen LogP contribution in [0.3, 0.4) is 0 Å². The lowest BCUT2D eigenvalue weighted by Gasteiger charge is -2.34. The van der Waals surface area contributed by atoms with Gasteiger partial charge in [0.15, 0.2) is 11.6 Å². The lowest BCUT2D eigenvalue weighted by Crippen LogP contribution is -2.48. The van der Waals surface area contributed by atoms with Crippen molar-refractivity contribution in [1.29, 1.82) is 0 Å². The standard InChI is InChI=1S/C25H21ClF2N4O/c26-19-7-4-17(5-8-19)24-22(32-10-2-1-3-23(32)29-24)16-30-11-13-31(14-12-30)25(33)18-6-9-20(27)21(28)15-18/h1-10,15H,11-14,16H2. The molecule has 5 rings (SSSR count). The second-order valence-electron chi connectivity index (χ2n) is 8.04. The Morgan fingerprint density at radius 3 is 2.42 bits per heavy atom. The van der Waals surface area contributed by atoms with Gasteiger partial charge in [-0.2, -0.15) is 0 Å². The van der Waals surface area contributed by atoms with Crippen LogP contribution in [-0.2, 0) is 6.54 Å². The van der Waals surface area contributed by atoms with Crippen LogP contribution in [0.1, 0.15) is 16.1 Å². The Kier molecular flexibility index (Phi) is 5.83. The summed E-state index contributed by atoms with van der Waals surface area (Å²) in [4.78, 5) is 21.5. The molecular formula is C25H21ClF2N4O. The van der Waals surface area contributed by atoms with Crippen molar-refractivity contribution in [2.75, 3.05) is 26.2 Å². The molecule has 1 saturated heterocycles. The molecule has 2 aromatic heterocycles. The molecule has 0 atom stereocenters. The minimum absolute atomic E-state index is 0.161. The number of amides is 1. The number of benzene rings is 2. The molecule has 3 heterocycles. The van der Waals surface area contributed by atoms with Crippen LogP contribution in [0.4, 0.5) is 8.78 Å². The molecule has 33 heavy (non-hydrogen) atoms. The zero-order valence-corrected chi connectivity index (χ0v) is 18.5. The lowest BCUT2D eigenvalue weighted by atomic mass is 10.1. The van der Waals surface area contributed by atoms with Crippen LogP contribution in [0.5, 0.6) is 0 Å². The molecule has 0 radical (unpaired) electrons. The normalized spacial score (nSPS) is 14.7. The number of hydrogen-bond acceptors (Lipinski definition) is 3. The van der Waals surface area contributed by atoms with Crippen molar-refractivity contribution in [3.8, 4) is 11.3 Å². The zero-order chi connectivity index (χ0) is 22.9. The Labute approximate surface area is 194 Å². The molecule has 1 aliphatic heterocycles. The first-order valence-electron chi connectivity index (χ1n) is 10.7. The number of fused-ring (bicyclic) bond motifs is 1. The van der Waals surface area contributed by atoms with Crippen molar-refractivity contribution in [1.82, 2.24) is 19.2 Å². The molecule has 0 bridgehead atoms. The minimum Gasteiger partial charge on any atom is -0.336 e. The van der Waals surface area contributed by atoms with Crippen LogP contribution in [0, 0.1) is 11.6 Å². The van der Waals surface area contributed by atoms with Gasteiger partial charge in [-0.1, -0.05) is 29.8 Å². The number of rotatable bonds is 4. The van der Waals surface area contributed by atoms with Crippen molar-refractivity contribution in [3.05, 3.63) is 94.8 Å². The quantitative estimate of drug-likeness (QED) is 0.430. The van der Waals surface area contributed by atoms with Crippen LogP contribution in [0.2, 0.25) is 5.02 Å². The first-order valence-corrected chi connectivity index (χ1v) is 11.1. The third-order valence-corrected chi connectivity index (χ3v) is 6.20. The molecule has 4 aromatic rings. The van der Waals surface area contributed by atoms with E-state index in [1.807, 2.05) is 48.7 Å². The average molecular weight is 467 g/mol. The van der Waals surface area contributed by atoms with Crippen molar-refractivity contribution >= 4 is 23.2 Å². The van der Waals surface area contributed by atoms with E-state index >= 15 is 0 Å². The smallest absolute Gasteiger partial charge is 0.254 e. The van der Waals surface area contributed by atoms with E-state index in [1.165, 1.54) is 6.07 Å². The predicted octanol–water partition coefficient (Wildman–Crippen LogP) is 4.89. The molecule has 2 aromatic carbocycles. The third-order valence-electron chi connectivity index (χ3n) is 5.95. The van der Waals surface area contributed by atoms with Gasteiger partial charge in [0.1, 0.15) is 5.65 Å². The van der Waals surface area contributed by atoms with Crippen molar-refractivity contribution in [3.63, 3.8) is 0 Å². The van der Waals surface area contributed by atoms with Gasteiger partial charge in [0.05, 0.1) is 11.4 Å². The monoisotopic (exact) mass is 466 g/mol. The van der Waals surface area contributed by atoms with Gasteiger partial charge in [0.25, 0.3) is 5.91 Å². The van der Waals surface area contributed by atoms with E-state index in [9.17, 15) is 13.6 Å². The van der Waals surface area contributed by atoms with Gasteiger partial charge in [-0.3, -0.25) is 9.69 Å². The van der Waals surface area contributed by atoms with E-state index in [1.54, 1.807) is 4.90 Å². The van der Waals surface area contributed by atoms with Crippen LogP contribution in [0.25, 0.3) is 16.9 Å². The summed E-state index contributed by atoms with van der Waals surface area (Å²) >= 11 is 6.07. The number of aromatic nitrogens is 2. The van der Waals surface area contributed by atoms with E-state index < -0.39 is 11.6 Å². The van der Waals surface area contributed by atoms with Gasteiger partial charge >= 0.3 is 0 Å². The Morgan fingerprint density at radius 1 is 0.939 bits per heavy atom. The molecule has 0 spiro atoms. The second kappa shape index (κ2) is 8.92. The SMILES string of the molecule is O=C(c1ccc(F)c(F)c1)N1CCN(Cc2c(-c3ccc(Cl)cc3)nc3ccccn23)CC1. The first kappa shape index (κ1) is 21.6. The van der Waals surface area contributed by atoms with E-state index in [0.717, 1.165) is 34.7 Å². The summed E-state index contributed by atoms with van der Waals surface area (Å²) in [6, 6.07) is 16.8. The number of nitrogens with zero attached hydrogens (tertiary/aromatic N) is 4. The predicted molar refractivity (Wildman–Crippen MR) is 123 cm³/mol. The highest BCUT2D eigenvalue weighted by molar-refractivity contribution is 6.30. The van der Waals surface area contributed by atoms with E-state index in [2.05, 4.69) is 9.30 Å². The summed E-state index contributed by atoms with van der Waals surface area (Å²) in [5.74, 6) is -2.26. The van der Waals surface area contributed by atoms with Gasteiger partial charge in [-0.25, -0.2) is 13.8 Å². The Morgan fingerprint density at radius 2 is 1.70 bits per heavy atom. The highest BCUT2D eigenvalue weighted by Crippen LogP contribution is 2.27. The van der Waals surface area contributed by atoms with Crippen LogP contribution < -0.4 is 0 Å². The van der Waals surface area contributed by atoms with Gasteiger partial charge < -0.3 is 9.30 Å². The molecule has 0 N–H and O–H groups in total. The summed E-state index contributed by atoms with van der Waals surface area (Å²) in [5, 5.41) is 0.672. The Hall–Kier alpha value is -3.29. The molecule has 1 fully saturated rings. The topological polar surface area (TPSA) is 40.9 Å². The van der Waals surface area contributed by atoms with Gasteiger partial charge in [0, 0.05) is 55.1 Å². The zero-order valence-electron chi connectivity index (χ0n) is 17.7. The van der Waals surface area contributed by atoms with E-state index in [4.69, 9.17) is 16.6 Å². The number of halogens is 3. The molecule has 8 heteroatoms. The lowest BCUT2D eigenvalue weighted by molar-refractivity contribution is 0.0626. The largest absolute Gasteiger partial charge is 0.336 e. The van der Waals surface area contributed by atoms with Gasteiger partial charge in [-0.15, -0.1) is 0 Å². The third kappa shape index (κ3) is 4.34. The molecular weight excluding hydrogens is 446 g/mol. The molecule has 1 aliphatic rings. The second-order valence-corrected chi connectivity index (χ2v) is 8.48. The van der Waals surface area contributed by atoms with Crippen LogP contribution in [-0.4, -0.2) is 51.3 Å². The van der Waals surface area contributed by atoms with Gasteiger partial charge in [0.2, 0.25) is 0 Å². The summed E-state index contributed by atoms with van der Waals surface area (Å²) in [6.07, 6.45) is 2.00. The number of carbonyl (C=O) groups is 1. The number of carbonyl (C=O) groups excluding carboxylic acids is 1. The fourth-order valence-corrected chi connectivity index (χ4v) is 4.30. The van der Waals surface area contributed by atoms with Crippen molar-refractivity contribution in [2.24, 2.45) is 0 Å². The summed E-state index contributed by atoms with van der Waals surface area (Å²) < 4.78 is 28.8. The van der Waals surface area contributed by atoms with Gasteiger partial charge in [-0.05, 0) is 42.5 Å². The molecule has 0 aliphatic carbocycles. The molecule has 5 nitrogen and oxygen atoms in total. The summed E-state index contributed by atoms with van der Waals surface area (Å²) in [7, 11) is 0. The molecule has 168 valence electrons. The number of hydrogen-bond donors (Lipinski definition) is 0. The maximum absolute atomic E-state index is 13.5. The average Bonchev–Trinajstić information content (AvgIpc) is 3.20. The number of pyridine rings is 1. The van der Waals surface area contributed by atoms with E-state index in [0.29, 0.717) is 37.7 Å². The molecule has 1 amide bonds. The highest BCUT2D eigenvalue weighted by atomic mass is 35.5. The fourth-order valence-electron chi connectivity index (χ4n) is 4.17. The van der Waals surface area contributed by atoms with Crippen molar-refractivity contribution in [2.45, 2.75) is 6.54 Å². The Bertz CT molecular complexity index is 1310. The molecule has 0 saturated carbocycles. The summed E-state index contributed by atoms with van der Waals surface area (Å²) in [6.45, 7) is 3.00. The van der Waals surface area contributed by atoms with E-state index in [-0.39, 0.29) is 11.5 Å². The maximum Gasteiger partial charge on any atom is 0.254 e. The molecule has 0 unspecified atom stereocenters. The minimum atomic E-state index is -1.01. The highest BCUT2D eigenvalue weighted by Gasteiger charge is 2.25. The fraction of sp³-hybridized carbons (Fsp3) is 0.200. The van der Waals surface area contributed by atoms with Crippen LogP contribution in [0.15, 0.2) is 66.9 Å². The first-order chi connectivity index (χ1) is 16.0. The van der Waals surface area contributed by atoms with Crippen LogP contribution >= 0.6 is 11.6 Å². The maximum atomic E-state index is 13.5. The Balaban J connectivity index is 1.34.